The van der Waals surface area contributed by atoms with E-state index in [9.17, 15) is 5.11 Å². The molecule has 1 aliphatic rings. The number of nitrogens with zero attached hydrogens (tertiary/aromatic N) is 1. The van der Waals surface area contributed by atoms with Crippen molar-refractivity contribution in [1.82, 2.24) is 0 Å². The largest absolute Gasteiger partial charge is 0.404 e. The number of rotatable bonds is 9. The topological polar surface area (TPSA) is 108 Å². The van der Waals surface area contributed by atoms with Gasteiger partial charge in [0.15, 0.2) is 0 Å². The Morgan fingerprint density at radius 1 is 1.17 bits per heavy atom. The van der Waals surface area contributed by atoms with Crippen LogP contribution in [0.15, 0.2) is 46.1 Å². The van der Waals surface area contributed by atoms with Crippen LogP contribution in [0.2, 0.25) is 0 Å². The zero-order valence-corrected chi connectivity index (χ0v) is 23.2. The van der Waals surface area contributed by atoms with E-state index in [0.29, 0.717) is 12.2 Å². The molecule has 1 atom stereocenters. The van der Waals surface area contributed by atoms with Gasteiger partial charge in [-0.3, -0.25) is 4.99 Å². The predicted octanol–water partition coefficient (Wildman–Crippen LogP) is 7.37. The zero-order valence-electron chi connectivity index (χ0n) is 23.2. The summed E-state index contributed by atoms with van der Waals surface area (Å²) in [6.45, 7) is 14.6. The van der Waals surface area contributed by atoms with Crippen LogP contribution in [-0.4, -0.2) is 30.2 Å². The lowest BCUT2D eigenvalue weighted by atomic mass is 9.79. The van der Waals surface area contributed by atoms with Crippen LogP contribution >= 0.6 is 0 Å². The molecule has 0 saturated carbocycles. The Kier molecular flexibility index (Phi) is 17.2. The van der Waals surface area contributed by atoms with Crippen molar-refractivity contribution < 1.29 is 5.11 Å². The number of nitrogen functional groups attached to an aromatic ring is 1. The number of allylic oxidation sites excluding steroid dienone is 5. The van der Waals surface area contributed by atoms with Crippen LogP contribution < -0.4 is 11.5 Å². The van der Waals surface area contributed by atoms with Crippen LogP contribution in [0.1, 0.15) is 103 Å². The summed E-state index contributed by atoms with van der Waals surface area (Å²) in [7, 11) is 0. The quantitative estimate of drug-likeness (QED) is 0.168. The van der Waals surface area contributed by atoms with Gasteiger partial charge in [0.25, 0.3) is 0 Å². The van der Waals surface area contributed by atoms with Crippen molar-refractivity contribution in [2.45, 2.75) is 99.5 Å². The van der Waals surface area contributed by atoms with Crippen LogP contribution in [0.3, 0.4) is 0 Å². The Hall–Kier alpha value is -2.66. The van der Waals surface area contributed by atoms with Crippen molar-refractivity contribution in [3.8, 4) is 0 Å². The number of anilines is 1. The third-order valence-electron chi connectivity index (χ3n) is 5.45. The lowest BCUT2D eigenvalue weighted by molar-refractivity contribution is 0.204. The summed E-state index contributed by atoms with van der Waals surface area (Å²) < 4.78 is 0. The molecule has 1 unspecified atom stereocenters. The number of hydrogen-bond donors (Lipinski definition) is 4. The average molecular weight is 483 g/mol. The molecule has 0 amide bonds. The molecular weight excluding hydrogens is 432 g/mol. The maximum atomic E-state index is 9.55. The molecule has 0 aliphatic heterocycles. The molecule has 1 aromatic rings. The Bertz CT molecular complexity index is 892. The first-order valence-corrected chi connectivity index (χ1v) is 13.3. The maximum absolute atomic E-state index is 9.55. The summed E-state index contributed by atoms with van der Waals surface area (Å²) in [5.74, 6) is 0. The normalized spacial score (nSPS) is 15.2. The monoisotopic (exact) mass is 482 g/mol. The SMILES string of the molecule is CC.CCC.CCC/C=C(C1=C(c2c(C)ccc(N)c2C=N)CCCC1)\C(C=NCC(C)O)=C\N. The summed E-state index contributed by atoms with van der Waals surface area (Å²) in [5, 5.41) is 17.5. The molecule has 0 radical (unpaired) electrons. The Morgan fingerprint density at radius 2 is 1.80 bits per heavy atom. The predicted molar refractivity (Wildman–Crippen MR) is 156 cm³/mol. The van der Waals surface area contributed by atoms with Crippen molar-refractivity contribution in [1.29, 1.82) is 5.41 Å². The lowest BCUT2D eigenvalue weighted by Crippen LogP contribution is -2.10. The zero-order chi connectivity index (χ0) is 26.8. The fourth-order valence-corrected chi connectivity index (χ4v) is 3.99. The van der Waals surface area contributed by atoms with Crippen LogP contribution in [0.25, 0.3) is 5.57 Å². The fourth-order valence-electron chi connectivity index (χ4n) is 3.99. The van der Waals surface area contributed by atoms with Gasteiger partial charge in [-0.1, -0.05) is 59.6 Å². The number of nitrogens with two attached hydrogens (primary N) is 2. The van der Waals surface area contributed by atoms with E-state index in [-0.39, 0.29) is 0 Å². The van der Waals surface area contributed by atoms with Crippen molar-refractivity contribution in [3.63, 3.8) is 0 Å². The van der Waals surface area contributed by atoms with E-state index in [4.69, 9.17) is 16.9 Å². The molecule has 0 spiro atoms. The first kappa shape index (κ1) is 32.3. The van der Waals surface area contributed by atoms with Gasteiger partial charge in [-0.25, -0.2) is 0 Å². The van der Waals surface area contributed by atoms with Gasteiger partial charge in [-0.15, -0.1) is 0 Å². The summed E-state index contributed by atoms with van der Waals surface area (Å²) in [4.78, 5) is 4.39. The number of aryl methyl sites for hydroxylation is 1. The Morgan fingerprint density at radius 3 is 2.34 bits per heavy atom. The molecule has 6 N–H and O–H groups in total. The number of hydrogen-bond acceptors (Lipinski definition) is 5. The molecule has 196 valence electrons. The maximum Gasteiger partial charge on any atom is 0.0707 e. The first-order valence-electron chi connectivity index (χ1n) is 13.3. The minimum absolute atomic E-state index is 0.344. The molecule has 0 saturated heterocycles. The number of aliphatic hydroxyl groups is 1. The Balaban J connectivity index is 0.00000214. The minimum Gasteiger partial charge on any atom is -0.404 e. The number of benzene rings is 1. The minimum atomic E-state index is -0.488. The highest BCUT2D eigenvalue weighted by Gasteiger charge is 2.22. The van der Waals surface area contributed by atoms with Gasteiger partial charge >= 0.3 is 0 Å². The van der Waals surface area contributed by atoms with Crippen LogP contribution in [0.4, 0.5) is 5.69 Å². The van der Waals surface area contributed by atoms with E-state index >= 15 is 0 Å². The summed E-state index contributed by atoms with van der Waals surface area (Å²) in [5.41, 5.74) is 20.4. The number of unbranched alkanes of at least 4 members (excludes halogenated alkanes) is 1. The number of nitrogens with one attached hydrogen (secondary N) is 1. The van der Waals surface area contributed by atoms with Crippen LogP contribution in [-0.2, 0) is 0 Å². The van der Waals surface area contributed by atoms with Gasteiger partial charge in [0, 0.05) is 35.5 Å². The second kappa shape index (κ2) is 18.6. The van der Waals surface area contributed by atoms with Gasteiger partial charge in [0.2, 0.25) is 0 Å². The van der Waals surface area contributed by atoms with E-state index < -0.39 is 6.10 Å². The molecule has 2 rings (SSSR count). The van der Waals surface area contributed by atoms with Gasteiger partial charge in [-0.05, 0) is 79.9 Å². The molecule has 0 fully saturated rings. The van der Waals surface area contributed by atoms with E-state index in [2.05, 4.69) is 38.8 Å². The second-order valence-electron chi connectivity index (χ2n) is 8.65. The number of aliphatic hydroxyl groups excluding tert-OH is 1. The van der Waals surface area contributed by atoms with Crippen molar-refractivity contribution >= 4 is 23.7 Å². The highest BCUT2D eigenvalue weighted by Crippen LogP contribution is 2.41. The molecule has 1 aliphatic carbocycles. The third kappa shape index (κ3) is 10.2. The number of aliphatic imine (C=N–C) groups is 1. The molecule has 0 aromatic heterocycles. The van der Waals surface area contributed by atoms with Crippen molar-refractivity contribution in [2.75, 3.05) is 12.3 Å². The van der Waals surface area contributed by atoms with E-state index in [0.717, 1.165) is 66.4 Å². The molecule has 35 heavy (non-hydrogen) atoms. The smallest absolute Gasteiger partial charge is 0.0707 e. The average Bonchev–Trinajstić information content (AvgIpc) is 2.86. The van der Waals surface area contributed by atoms with Crippen LogP contribution in [0.5, 0.6) is 0 Å². The molecule has 5 heteroatoms. The van der Waals surface area contributed by atoms with Gasteiger partial charge in [-0.2, -0.15) is 0 Å². The van der Waals surface area contributed by atoms with Gasteiger partial charge in [0.1, 0.15) is 0 Å². The van der Waals surface area contributed by atoms with Crippen molar-refractivity contribution in [3.05, 3.63) is 57.8 Å². The molecule has 5 nitrogen and oxygen atoms in total. The third-order valence-corrected chi connectivity index (χ3v) is 5.45. The highest BCUT2D eigenvalue weighted by atomic mass is 16.3. The molecular formula is C30H50N4O. The highest BCUT2D eigenvalue weighted by molar-refractivity contribution is 5.96. The fraction of sp³-hybridized carbons (Fsp3) is 0.533. The van der Waals surface area contributed by atoms with Gasteiger partial charge in [0.05, 0.1) is 12.6 Å². The first-order chi connectivity index (χ1) is 16.9. The standard InChI is InChI=1S/C25H36N4O.C3H8.C2H6/c1-4-5-8-20(19(13-26)16-29-15-18(3)30)21-9-6-7-10-22(21)25-17(2)11-12-24(28)23(25)14-27;1-3-2;1-2/h8,11-14,16,18,27,30H,4-7,9-10,15,26,28H2,1-3H3;3H2,1-2H3;1-2H3/b19-13+,20-8+,27-14?,29-16?;;. The summed E-state index contributed by atoms with van der Waals surface area (Å²) in [6, 6.07) is 3.92. The van der Waals surface area contributed by atoms with Crippen molar-refractivity contribution in [2.24, 2.45) is 10.7 Å². The van der Waals surface area contributed by atoms with Gasteiger partial charge < -0.3 is 22.0 Å². The molecule has 0 bridgehead atoms. The second-order valence-corrected chi connectivity index (χ2v) is 8.65. The van der Waals surface area contributed by atoms with E-state index in [1.807, 2.05) is 26.0 Å². The summed E-state index contributed by atoms with van der Waals surface area (Å²) >= 11 is 0. The van der Waals surface area contributed by atoms with E-state index in [1.165, 1.54) is 23.8 Å². The van der Waals surface area contributed by atoms with Crippen LogP contribution in [0, 0.1) is 12.3 Å². The lowest BCUT2D eigenvalue weighted by Gasteiger charge is -2.26. The van der Waals surface area contributed by atoms with E-state index in [1.54, 1.807) is 19.3 Å². The summed E-state index contributed by atoms with van der Waals surface area (Å²) in [6.07, 6.45) is 13.9. The molecule has 1 aromatic carbocycles. The Labute approximate surface area is 214 Å². The molecule has 0 heterocycles.